The van der Waals surface area contributed by atoms with Crippen molar-refractivity contribution in [3.05, 3.63) is 95.4 Å². The normalized spacial score (nSPS) is 15.7. The van der Waals surface area contributed by atoms with Gasteiger partial charge in [0.1, 0.15) is 11.5 Å². The van der Waals surface area contributed by atoms with Crippen molar-refractivity contribution in [3.8, 4) is 22.8 Å². The number of ether oxygens (including phenoxy) is 1. The fourth-order valence-electron chi connectivity index (χ4n) is 3.78. The molecule has 5 rings (SSSR count). The minimum absolute atomic E-state index is 0.0470. The zero-order valence-electron chi connectivity index (χ0n) is 17.0. The summed E-state index contributed by atoms with van der Waals surface area (Å²) < 4.78 is 5.40. The first-order valence-electron chi connectivity index (χ1n) is 10.0. The molecule has 1 aliphatic rings. The fourth-order valence-corrected chi connectivity index (χ4v) is 4.61. The smallest absolute Gasteiger partial charge is 0.207 e. The summed E-state index contributed by atoms with van der Waals surface area (Å²) in [6.45, 7) is 0. The van der Waals surface area contributed by atoms with E-state index in [0.717, 1.165) is 39.8 Å². The third kappa shape index (κ3) is 3.78. The van der Waals surface area contributed by atoms with E-state index >= 15 is 0 Å². The minimum atomic E-state index is 0.0470. The number of para-hydroxylation sites is 1. The summed E-state index contributed by atoms with van der Waals surface area (Å²) in [6, 6.07) is 25.7. The van der Waals surface area contributed by atoms with Gasteiger partial charge in [0, 0.05) is 22.9 Å². The number of thiazole rings is 1. The molecule has 1 N–H and O–H groups in total. The standard InChI is InChI=1S/C25H21N3O2S/c1-30-19-11-7-10-18(14-19)21-15-23(17-8-3-2-4-9-17)28(27-21)25-26-22(16-31-25)20-12-5-6-13-24(20)29/h2-14,16,23,29H,15H2,1H3. The summed E-state index contributed by atoms with van der Waals surface area (Å²) in [6.07, 6.45) is 0.767. The van der Waals surface area contributed by atoms with Gasteiger partial charge in [0.05, 0.1) is 24.6 Å². The summed E-state index contributed by atoms with van der Waals surface area (Å²) >= 11 is 1.53. The number of nitrogens with zero attached hydrogens (tertiary/aromatic N) is 3. The first-order chi connectivity index (χ1) is 15.2. The molecule has 3 aromatic carbocycles. The lowest BCUT2D eigenvalue weighted by Gasteiger charge is -2.21. The van der Waals surface area contributed by atoms with Gasteiger partial charge in [-0.1, -0.05) is 54.6 Å². The number of anilines is 1. The molecule has 1 aliphatic heterocycles. The molecule has 2 heterocycles. The highest BCUT2D eigenvalue weighted by Gasteiger charge is 2.32. The zero-order valence-corrected chi connectivity index (χ0v) is 17.8. The Labute approximate surface area is 184 Å². The molecule has 0 fully saturated rings. The summed E-state index contributed by atoms with van der Waals surface area (Å²) in [5.41, 5.74) is 4.68. The Morgan fingerprint density at radius 3 is 2.61 bits per heavy atom. The number of benzene rings is 3. The molecule has 0 saturated heterocycles. The second-order valence-corrected chi connectivity index (χ2v) is 8.12. The van der Waals surface area contributed by atoms with Crippen LogP contribution in [0.2, 0.25) is 0 Å². The van der Waals surface area contributed by atoms with E-state index in [1.165, 1.54) is 16.9 Å². The van der Waals surface area contributed by atoms with Crippen LogP contribution in [0.5, 0.6) is 11.5 Å². The molecular weight excluding hydrogens is 406 g/mol. The summed E-state index contributed by atoms with van der Waals surface area (Å²) in [5.74, 6) is 1.03. The third-order valence-electron chi connectivity index (χ3n) is 5.37. The first kappa shape index (κ1) is 19.3. The van der Waals surface area contributed by atoms with E-state index in [1.54, 1.807) is 13.2 Å². The molecule has 6 heteroatoms. The van der Waals surface area contributed by atoms with Gasteiger partial charge in [-0.25, -0.2) is 9.99 Å². The van der Waals surface area contributed by atoms with Gasteiger partial charge in [-0.2, -0.15) is 5.10 Å². The predicted molar refractivity (Wildman–Crippen MR) is 125 cm³/mol. The van der Waals surface area contributed by atoms with Crippen molar-refractivity contribution in [3.63, 3.8) is 0 Å². The van der Waals surface area contributed by atoms with E-state index in [4.69, 9.17) is 14.8 Å². The maximum absolute atomic E-state index is 10.2. The van der Waals surface area contributed by atoms with Crippen LogP contribution in [-0.4, -0.2) is 22.9 Å². The Morgan fingerprint density at radius 2 is 1.81 bits per heavy atom. The molecule has 1 atom stereocenters. The lowest BCUT2D eigenvalue weighted by molar-refractivity contribution is 0.414. The predicted octanol–water partition coefficient (Wildman–Crippen LogP) is 5.88. The van der Waals surface area contributed by atoms with Gasteiger partial charge in [-0.15, -0.1) is 11.3 Å². The lowest BCUT2D eigenvalue weighted by atomic mass is 9.98. The van der Waals surface area contributed by atoms with Gasteiger partial charge >= 0.3 is 0 Å². The van der Waals surface area contributed by atoms with E-state index in [2.05, 4.69) is 18.2 Å². The van der Waals surface area contributed by atoms with Crippen molar-refractivity contribution in [2.45, 2.75) is 12.5 Å². The molecule has 0 amide bonds. The van der Waals surface area contributed by atoms with Crippen LogP contribution in [0.25, 0.3) is 11.3 Å². The largest absolute Gasteiger partial charge is 0.507 e. The van der Waals surface area contributed by atoms with Crippen molar-refractivity contribution in [1.29, 1.82) is 0 Å². The average molecular weight is 428 g/mol. The molecule has 4 aromatic rings. The SMILES string of the molecule is COc1cccc(C2=NN(c3nc(-c4ccccc4O)cs3)C(c3ccccc3)C2)c1. The molecule has 5 nitrogen and oxygen atoms in total. The van der Waals surface area contributed by atoms with Gasteiger partial charge in [0.25, 0.3) is 0 Å². The highest BCUT2D eigenvalue weighted by molar-refractivity contribution is 7.14. The molecule has 154 valence electrons. The summed E-state index contributed by atoms with van der Waals surface area (Å²) in [7, 11) is 1.67. The zero-order chi connectivity index (χ0) is 21.2. The maximum Gasteiger partial charge on any atom is 0.207 e. The Morgan fingerprint density at radius 1 is 1.00 bits per heavy atom. The molecule has 0 spiro atoms. The Bertz CT molecular complexity index is 1240. The van der Waals surface area contributed by atoms with Crippen molar-refractivity contribution in [2.75, 3.05) is 12.1 Å². The number of phenols is 1. The van der Waals surface area contributed by atoms with Gasteiger partial charge in [0.2, 0.25) is 5.13 Å². The van der Waals surface area contributed by atoms with Gasteiger partial charge in [-0.3, -0.25) is 0 Å². The van der Waals surface area contributed by atoms with E-state index in [9.17, 15) is 5.11 Å². The van der Waals surface area contributed by atoms with Gasteiger partial charge < -0.3 is 9.84 Å². The molecule has 0 aliphatic carbocycles. The van der Waals surface area contributed by atoms with E-state index < -0.39 is 0 Å². The second-order valence-electron chi connectivity index (χ2n) is 7.29. The maximum atomic E-state index is 10.2. The number of hydrogen-bond donors (Lipinski definition) is 1. The van der Waals surface area contributed by atoms with Gasteiger partial charge in [0.15, 0.2) is 0 Å². The number of hydrazone groups is 1. The number of rotatable bonds is 5. The van der Waals surface area contributed by atoms with Crippen LogP contribution in [0.4, 0.5) is 5.13 Å². The first-order valence-corrected chi connectivity index (χ1v) is 10.9. The molecular formula is C25H21N3O2S. The van der Waals surface area contributed by atoms with E-state index in [1.807, 2.05) is 65.0 Å². The molecule has 0 radical (unpaired) electrons. The second kappa shape index (κ2) is 8.24. The lowest BCUT2D eigenvalue weighted by Crippen LogP contribution is -2.18. The topological polar surface area (TPSA) is 58.0 Å². The summed E-state index contributed by atoms with van der Waals surface area (Å²) in [5, 5.41) is 19.9. The molecule has 1 unspecified atom stereocenters. The Hall–Kier alpha value is -3.64. The fraction of sp³-hybridized carbons (Fsp3) is 0.120. The number of aromatic nitrogens is 1. The van der Waals surface area contributed by atoms with Crippen molar-refractivity contribution < 1.29 is 9.84 Å². The molecule has 1 aromatic heterocycles. The van der Waals surface area contributed by atoms with Crippen LogP contribution in [0.3, 0.4) is 0 Å². The third-order valence-corrected chi connectivity index (χ3v) is 6.20. The molecule has 0 saturated carbocycles. The Balaban J connectivity index is 1.55. The van der Waals surface area contributed by atoms with Crippen LogP contribution in [0, 0.1) is 0 Å². The minimum Gasteiger partial charge on any atom is -0.507 e. The Kier molecular flexibility index (Phi) is 5.14. The molecule has 31 heavy (non-hydrogen) atoms. The van der Waals surface area contributed by atoms with E-state index in [-0.39, 0.29) is 11.8 Å². The van der Waals surface area contributed by atoms with Crippen LogP contribution < -0.4 is 9.75 Å². The number of methoxy groups -OCH3 is 1. The quantitative estimate of drug-likeness (QED) is 0.432. The molecule has 0 bridgehead atoms. The average Bonchev–Trinajstić information content (AvgIpc) is 3.48. The van der Waals surface area contributed by atoms with Crippen LogP contribution in [0.15, 0.2) is 89.3 Å². The summed E-state index contributed by atoms with van der Waals surface area (Å²) in [4.78, 5) is 4.81. The number of hydrogen-bond acceptors (Lipinski definition) is 6. The van der Waals surface area contributed by atoms with Crippen molar-refractivity contribution >= 4 is 22.2 Å². The van der Waals surface area contributed by atoms with Crippen molar-refractivity contribution in [2.24, 2.45) is 5.10 Å². The highest BCUT2D eigenvalue weighted by Crippen LogP contribution is 2.40. The van der Waals surface area contributed by atoms with Gasteiger partial charge in [-0.05, 0) is 29.8 Å². The van der Waals surface area contributed by atoms with Crippen LogP contribution in [0.1, 0.15) is 23.6 Å². The van der Waals surface area contributed by atoms with Crippen molar-refractivity contribution in [1.82, 2.24) is 4.98 Å². The monoisotopic (exact) mass is 427 g/mol. The highest BCUT2D eigenvalue weighted by atomic mass is 32.1. The van der Waals surface area contributed by atoms with Crippen LogP contribution >= 0.6 is 11.3 Å². The van der Waals surface area contributed by atoms with E-state index in [0.29, 0.717) is 0 Å². The van der Waals surface area contributed by atoms with Crippen LogP contribution in [-0.2, 0) is 0 Å². The number of phenolic OH excluding ortho intramolecular Hbond substituents is 1. The number of aromatic hydroxyl groups is 1.